The van der Waals surface area contributed by atoms with E-state index in [1.165, 1.54) is 12.0 Å². The van der Waals surface area contributed by atoms with Gasteiger partial charge in [0, 0.05) is 13.1 Å². The topological polar surface area (TPSA) is 78.9 Å². The van der Waals surface area contributed by atoms with Crippen LogP contribution in [0.4, 0.5) is 10.5 Å². The summed E-state index contributed by atoms with van der Waals surface area (Å²) in [5.41, 5.74) is 0.581. The molecule has 0 aliphatic carbocycles. The zero-order valence-electron chi connectivity index (χ0n) is 11.3. The van der Waals surface area contributed by atoms with Crippen LogP contribution in [0.2, 0.25) is 0 Å². The van der Waals surface area contributed by atoms with Gasteiger partial charge in [0.2, 0.25) is 0 Å². The number of para-hydroxylation sites is 2. The maximum absolute atomic E-state index is 12.2. The molecule has 20 heavy (non-hydrogen) atoms. The summed E-state index contributed by atoms with van der Waals surface area (Å²) in [7, 11) is 1.53. The van der Waals surface area contributed by atoms with E-state index in [0.29, 0.717) is 30.8 Å². The van der Waals surface area contributed by atoms with Gasteiger partial charge in [0.25, 0.3) is 0 Å². The number of carboxylic acids is 1. The molecule has 1 aromatic carbocycles. The van der Waals surface area contributed by atoms with Gasteiger partial charge >= 0.3 is 12.0 Å². The molecule has 1 aliphatic heterocycles. The molecule has 0 bridgehead atoms. The van der Waals surface area contributed by atoms with E-state index in [1.54, 1.807) is 18.2 Å². The number of benzene rings is 1. The van der Waals surface area contributed by atoms with Gasteiger partial charge in [-0.15, -0.1) is 0 Å². The van der Waals surface area contributed by atoms with Crippen molar-refractivity contribution in [2.24, 2.45) is 5.92 Å². The maximum Gasteiger partial charge on any atom is 0.321 e. The van der Waals surface area contributed by atoms with E-state index in [0.717, 1.165) is 0 Å². The van der Waals surface area contributed by atoms with Gasteiger partial charge in [-0.3, -0.25) is 4.79 Å². The molecule has 2 amide bonds. The third-order valence-electron chi connectivity index (χ3n) is 3.41. The third-order valence-corrected chi connectivity index (χ3v) is 3.41. The summed E-state index contributed by atoms with van der Waals surface area (Å²) >= 11 is 0. The Balaban J connectivity index is 2.02. The minimum absolute atomic E-state index is 0.246. The Labute approximate surface area is 117 Å². The fourth-order valence-electron chi connectivity index (χ4n) is 2.31. The Morgan fingerprint density at radius 1 is 1.40 bits per heavy atom. The fourth-order valence-corrected chi connectivity index (χ4v) is 2.31. The van der Waals surface area contributed by atoms with Crippen molar-refractivity contribution in [2.45, 2.75) is 12.8 Å². The normalized spacial score (nSPS) is 18.4. The highest BCUT2D eigenvalue weighted by Gasteiger charge is 2.28. The Hall–Kier alpha value is -2.24. The molecule has 1 heterocycles. The number of hydrogen-bond donors (Lipinski definition) is 2. The first-order valence-corrected chi connectivity index (χ1v) is 6.53. The van der Waals surface area contributed by atoms with Gasteiger partial charge in [-0.1, -0.05) is 12.1 Å². The maximum atomic E-state index is 12.2. The summed E-state index contributed by atoms with van der Waals surface area (Å²) < 4.78 is 5.17. The zero-order chi connectivity index (χ0) is 14.5. The summed E-state index contributed by atoms with van der Waals surface area (Å²) in [6.07, 6.45) is 1.32. The number of carbonyl (C=O) groups is 2. The molecule has 0 saturated carbocycles. The molecular weight excluding hydrogens is 260 g/mol. The minimum Gasteiger partial charge on any atom is -0.495 e. The van der Waals surface area contributed by atoms with Gasteiger partial charge in [0.05, 0.1) is 18.7 Å². The number of likely N-dealkylation sites (tertiary alicyclic amines) is 1. The van der Waals surface area contributed by atoms with Gasteiger partial charge in [-0.05, 0) is 25.0 Å². The van der Waals surface area contributed by atoms with Gasteiger partial charge in [0.15, 0.2) is 0 Å². The number of amides is 2. The SMILES string of the molecule is COc1ccccc1NC(=O)N1CCC[C@H](C(=O)O)C1. The van der Waals surface area contributed by atoms with Crippen molar-refractivity contribution in [3.63, 3.8) is 0 Å². The highest BCUT2D eigenvalue weighted by Crippen LogP contribution is 2.24. The summed E-state index contributed by atoms with van der Waals surface area (Å²) in [5.74, 6) is -0.750. The van der Waals surface area contributed by atoms with Crippen LogP contribution >= 0.6 is 0 Å². The summed E-state index contributed by atoms with van der Waals surface area (Å²) in [5, 5.41) is 11.8. The van der Waals surface area contributed by atoms with Crippen molar-refractivity contribution in [1.82, 2.24) is 4.90 Å². The number of methoxy groups -OCH3 is 1. The van der Waals surface area contributed by atoms with Crippen molar-refractivity contribution in [2.75, 3.05) is 25.5 Å². The molecule has 6 heteroatoms. The van der Waals surface area contributed by atoms with Crippen molar-refractivity contribution < 1.29 is 19.4 Å². The lowest BCUT2D eigenvalue weighted by Crippen LogP contribution is -2.44. The van der Waals surface area contributed by atoms with E-state index >= 15 is 0 Å². The Bertz CT molecular complexity index is 504. The summed E-state index contributed by atoms with van der Waals surface area (Å²) in [6.45, 7) is 0.821. The van der Waals surface area contributed by atoms with Crippen LogP contribution in [0.3, 0.4) is 0 Å². The second-order valence-electron chi connectivity index (χ2n) is 4.75. The number of ether oxygens (including phenoxy) is 1. The molecule has 6 nitrogen and oxygen atoms in total. The molecule has 1 aliphatic rings. The second-order valence-corrected chi connectivity index (χ2v) is 4.75. The largest absolute Gasteiger partial charge is 0.495 e. The van der Waals surface area contributed by atoms with Crippen LogP contribution in [0, 0.1) is 5.92 Å². The summed E-state index contributed by atoms with van der Waals surface area (Å²) in [6, 6.07) is 6.83. The molecule has 1 fully saturated rings. The van der Waals surface area contributed by atoms with Gasteiger partial charge in [-0.2, -0.15) is 0 Å². The van der Waals surface area contributed by atoms with Crippen LogP contribution in [-0.2, 0) is 4.79 Å². The van der Waals surface area contributed by atoms with Crippen molar-refractivity contribution in [3.05, 3.63) is 24.3 Å². The number of nitrogens with one attached hydrogen (secondary N) is 1. The van der Waals surface area contributed by atoms with Gasteiger partial charge in [-0.25, -0.2) is 4.79 Å². The predicted octanol–water partition coefficient (Wildman–Crippen LogP) is 2.02. The highest BCUT2D eigenvalue weighted by molar-refractivity contribution is 5.91. The Morgan fingerprint density at radius 3 is 2.85 bits per heavy atom. The van der Waals surface area contributed by atoms with E-state index in [9.17, 15) is 9.59 Å². The van der Waals surface area contributed by atoms with Crippen molar-refractivity contribution in [3.8, 4) is 5.75 Å². The number of nitrogens with zero attached hydrogens (tertiary/aromatic N) is 1. The first-order chi connectivity index (χ1) is 9.61. The monoisotopic (exact) mass is 278 g/mol. The number of aliphatic carboxylic acids is 1. The smallest absolute Gasteiger partial charge is 0.321 e. The number of carboxylic acid groups (broad SMARTS) is 1. The zero-order valence-corrected chi connectivity index (χ0v) is 11.3. The van der Waals surface area contributed by atoms with E-state index in [-0.39, 0.29) is 12.6 Å². The number of hydrogen-bond acceptors (Lipinski definition) is 3. The number of carbonyl (C=O) groups excluding carboxylic acids is 1. The minimum atomic E-state index is -0.847. The van der Waals surface area contributed by atoms with E-state index in [1.807, 2.05) is 6.07 Å². The first kappa shape index (κ1) is 14.2. The summed E-state index contributed by atoms with van der Waals surface area (Å²) in [4.78, 5) is 24.7. The lowest BCUT2D eigenvalue weighted by Gasteiger charge is -2.30. The molecule has 2 N–H and O–H groups in total. The van der Waals surface area contributed by atoms with Gasteiger partial charge in [0.1, 0.15) is 5.75 Å². The lowest BCUT2D eigenvalue weighted by atomic mass is 9.99. The molecule has 108 valence electrons. The van der Waals surface area contributed by atoms with E-state index < -0.39 is 11.9 Å². The van der Waals surface area contributed by atoms with E-state index in [4.69, 9.17) is 9.84 Å². The Kier molecular flexibility index (Phi) is 4.45. The molecule has 1 saturated heterocycles. The number of urea groups is 1. The van der Waals surface area contributed by atoms with Crippen molar-refractivity contribution >= 4 is 17.7 Å². The van der Waals surface area contributed by atoms with Crippen LogP contribution in [0.5, 0.6) is 5.75 Å². The molecule has 1 aromatic rings. The molecular formula is C14H18N2O4. The number of piperidine rings is 1. The molecule has 1 atom stereocenters. The molecule has 0 spiro atoms. The molecule has 0 aromatic heterocycles. The molecule has 0 unspecified atom stereocenters. The Morgan fingerprint density at radius 2 is 2.15 bits per heavy atom. The van der Waals surface area contributed by atoms with Crippen LogP contribution in [-0.4, -0.2) is 42.2 Å². The number of anilines is 1. The quantitative estimate of drug-likeness (QED) is 0.886. The van der Waals surface area contributed by atoms with Gasteiger partial charge < -0.3 is 20.1 Å². The lowest BCUT2D eigenvalue weighted by molar-refractivity contribution is -0.143. The average molecular weight is 278 g/mol. The van der Waals surface area contributed by atoms with Crippen molar-refractivity contribution in [1.29, 1.82) is 0 Å². The molecule has 2 rings (SSSR count). The van der Waals surface area contributed by atoms with Crippen LogP contribution in [0.25, 0.3) is 0 Å². The van der Waals surface area contributed by atoms with Crippen LogP contribution in [0.1, 0.15) is 12.8 Å². The van der Waals surface area contributed by atoms with Crippen LogP contribution in [0.15, 0.2) is 24.3 Å². The number of rotatable bonds is 3. The van der Waals surface area contributed by atoms with E-state index in [2.05, 4.69) is 5.32 Å². The van der Waals surface area contributed by atoms with Crippen LogP contribution < -0.4 is 10.1 Å². The highest BCUT2D eigenvalue weighted by atomic mass is 16.5. The molecule has 0 radical (unpaired) electrons. The average Bonchev–Trinajstić information content (AvgIpc) is 2.48. The standard InChI is InChI=1S/C14H18N2O4/c1-20-12-7-3-2-6-11(12)15-14(19)16-8-4-5-10(9-16)13(17)18/h2-3,6-7,10H,4-5,8-9H2,1H3,(H,15,19)(H,17,18)/t10-/m0/s1. The predicted molar refractivity (Wildman–Crippen MR) is 73.9 cm³/mol. The fraction of sp³-hybridized carbons (Fsp3) is 0.429. The second kappa shape index (κ2) is 6.27. The third kappa shape index (κ3) is 3.20. The first-order valence-electron chi connectivity index (χ1n) is 6.53.